The van der Waals surface area contributed by atoms with Crippen LogP contribution in [0.1, 0.15) is 25.7 Å². The van der Waals surface area contributed by atoms with Crippen LogP contribution < -0.4 is 10.1 Å². The maximum absolute atomic E-state index is 14.8. The Bertz CT molecular complexity index is 2040. The molecule has 4 aromatic heterocycles. The summed E-state index contributed by atoms with van der Waals surface area (Å²) in [7, 11) is 0. The second-order valence-electron chi connectivity index (χ2n) is 12.0. The lowest BCUT2D eigenvalue weighted by molar-refractivity contribution is -0.117. The number of hydrogen-bond acceptors (Lipinski definition) is 6. The van der Waals surface area contributed by atoms with Crippen molar-refractivity contribution in [1.29, 1.82) is 0 Å². The molecule has 0 bridgehead atoms. The molecule has 8 rings (SSSR count). The second-order valence-corrected chi connectivity index (χ2v) is 12.0. The van der Waals surface area contributed by atoms with E-state index in [1.807, 2.05) is 30.3 Å². The van der Waals surface area contributed by atoms with E-state index in [4.69, 9.17) is 4.74 Å². The number of likely N-dealkylation sites (tertiary alicyclic amines) is 1. The van der Waals surface area contributed by atoms with Crippen molar-refractivity contribution in [2.24, 2.45) is 5.92 Å². The van der Waals surface area contributed by atoms with E-state index < -0.39 is 0 Å². The molecule has 10 heteroatoms. The average Bonchev–Trinajstić information content (AvgIpc) is 3.40. The van der Waals surface area contributed by atoms with E-state index in [-0.39, 0.29) is 17.6 Å². The predicted molar refractivity (Wildman–Crippen MR) is 172 cm³/mol. The molecule has 1 saturated carbocycles. The summed E-state index contributed by atoms with van der Waals surface area (Å²) in [6.07, 6.45) is 11.3. The number of rotatable bonds is 9. The molecular formula is C35H32FN7O2. The first-order valence-electron chi connectivity index (χ1n) is 15.4. The highest BCUT2D eigenvalue weighted by molar-refractivity contribution is 6.01. The van der Waals surface area contributed by atoms with Crippen molar-refractivity contribution in [3.63, 3.8) is 0 Å². The van der Waals surface area contributed by atoms with Crippen LogP contribution in [0.15, 0.2) is 73.3 Å². The number of amides is 1. The van der Waals surface area contributed by atoms with Gasteiger partial charge in [0.05, 0.1) is 34.8 Å². The summed E-state index contributed by atoms with van der Waals surface area (Å²) in [5, 5.41) is 12.6. The van der Waals surface area contributed by atoms with Gasteiger partial charge in [-0.2, -0.15) is 5.10 Å². The zero-order valence-electron chi connectivity index (χ0n) is 24.6. The average molecular weight is 602 g/mol. The zero-order chi connectivity index (χ0) is 30.3. The third kappa shape index (κ3) is 5.64. The fraction of sp³-hybridized carbons (Fsp3) is 0.257. The molecule has 6 aromatic rings. The molecule has 1 amide bonds. The van der Waals surface area contributed by atoms with Crippen LogP contribution in [0.5, 0.6) is 5.75 Å². The minimum Gasteiger partial charge on any atom is -0.492 e. The molecule has 0 radical (unpaired) electrons. The number of anilines is 1. The van der Waals surface area contributed by atoms with Crippen molar-refractivity contribution in [3.8, 4) is 39.4 Å². The van der Waals surface area contributed by atoms with E-state index in [1.54, 1.807) is 24.8 Å². The molecule has 2 fully saturated rings. The van der Waals surface area contributed by atoms with Gasteiger partial charge in [0.1, 0.15) is 23.9 Å². The molecule has 0 unspecified atom stereocenters. The number of fused-ring (bicyclic) bond motifs is 2. The quantitative estimate of drug-likeness (QED) is 0.168. The number of aromatic amines is 2. The predicted octanol–water partition coefficient (Wildman–Crippen LogP) is 6.80. The number of carbonyl (C=O) groups is 1. The minimum absolute atomic E-state index is 0.0497. The first kappa shape index (κ1) is 27.5. The molecule has 9 nitrogen and oxygen atoms in total. The van der Waals surface area contributed by atoms with Gasteiger partial charge in [-0.25, -0.2) is 4.39 Å². The van der Waals surface area contributed by atoms with Crippen LogP contribution in [0.4, 0.5) is 10.1 Å². The molecular weight excluding hydrogens is 569 g/mol. The molecule has 0 spiro atoms. The lowest BCUT2D eigenvalue weighted by atomic mass is 10.0. The zero-order valence-corrected chi connectivity index (χ0v) is 24.6. The van der Waals surface area contributed by atoms with Crippen molar-refractivity contribution in [1.82, 2.24) is 30.0 Å². The molecule has 45 heavy (non-hydrogen) atoms. The Labute approximate surface area is 258 Å². The molecule has 0 atom stereocenters. The first-order chi connectivity index (χ1) is 22.1. The molecule has 226 valence electrons. The van der Waals surface area contributed by atoms with Crippen LogP contribution in [0, 0.1) is 11.7 Å². The summed E-state index contributed by atoms with van der Waals surface area (Å²) in [6, 6.07) is 14.9. The Kier molecular flexibility index (Phi) is 6.98. The summed E-state index contributed by atoms with van der Waals surface area (Å²) >= 11 is 0. The Hall–Kier alpha value is -5.09. The maximum atomic E-state index is 14.8. The highest BCUT2D eigenvalue weighted by atomic mass is 19.1. The van der Waals surface area contributed by atoms with E-state index in [1.165, 1.54) is 25.0 Å². The van der Waals surface area contributed by atoms with E-state index in [0.717, 1.165) is 82.4 Å². The number of ether oxygens (including phenoxy) is 1. The summed E-state index contributed by atoms with van der Waals surface area (Å²) in [5.74, 6) is 0.321. The molecule has 3 N–H and O–H groups in total. The molecule has 5 heterocycles. The molecule has 1 aliphatic carbocycles. The highest BCUT2D eigenvalue weighted by Crippen LogP contribution is 2.36. The summed E-state index contributed by atoms with van der Waals surface area (Å²) < 4.78 is 20.8. The van der Waals surface area contributed by atoms with Crippen LogP contribution in [0.25, 0.3) is 55.4 Å². The fourth-order valence-electron chi connectivity index (χ4n) is 6.16. The third-order valence-electron chi connectivity index (χ3n) is 8.71. The van der Waals surface area contributed by atoms with Gasteiger partial charge in [-0.1, -0.05) is 6.07 Å². The van der Waals surface area contributed by atoms with Gasteiger partial charge in [0.15, 0.2) is 0 Å². The van der Waals surface area contributed by atoms with E-state index in [0.29, 0.717) is 23.6 Å². The van der Waals surface area contributed by atoms with Crippen LogP contribution in [0.2, 0.25) is 0 Å². The first-order valence-corrected chi connectivity index (χ1v) is 15.4. The number of hydrogen-bond donors (Lipinski definition) is 3. The summed E-state index contributed by atoms with van der Waals surface area (Å²) in [5.41, 5.74) is 7.30. The van der Waals surface area contributed by atoms with Crippen molar-refractivity contribution < 1.29 is 13.9 Å². The lowest BCUT2D eigenvalue weighted by Crippen LogP contribution is -2.25. The van der Waals surface area contributed by atoms with Gasteiger partial charge < -0.3 is 15.0 Å². The standard InChI is InChI=1S/C35H32FN7O2/c36-25-11-23(13-27(15-25)45-10-9-43-7-1-2-8-43)30-19-38-20-33-28(30)16-32(40-33)34-29-14-22(5-6-31(29)41-42-34)24-12-26(18-37-17-24)39-35(44)21-3-4-21/h5-6,11-21,40H,1-4,7-10H2,(H,39,44)(H,41,42). The lowest BCUT2D eigenvalue weighted by Gasteiger charge is -2.15. The number of carbonyl (C=O) groups excluding carboxylic acids is 1. The highest BCUT2D eigenvalue weighted by Gasteiger charge is 2.29. The number of nitrogens with zero attached hydrogens (tertiary/aromatic N) is 4. The number of pyridine rings is 2. The van der Waals surface area contributed by atoms with Crippen molar-refractivity contribution in [3.05, 3.63) is 79.1 Å². The Morgan fingerprint density at radius 2 is 1.78 bits per heavy atom. The van der Waals surface area contributed by atoms with Gasteiger partial charge in [0.25, 0.3) is 0 Å². The van der Waals surface area contributed by atoms with Gasteiger partial charge in [-0.05, 0) is 86.3 Å². The van der Waals surface area contributed by atoms with Gasteiger partial charge in [0.2, 0.25) is 5.91 Å². The van der Waals surface area contributed by atoms with E-state index in [2.05, 4.69) is 41.4 Å². The number of aromatic nitrogens is 5. The molecule has 2 aliphatic rings. The number of H-pyrrole nitrogens is 2. The van der Waals surface area contributed by atoms with Gasteiger partial charge in [-0.15, -0.1) is 0 Å². The number of benzene rings is 2. The van der Waals surface area contributed by atoms with Crippen molar-refractivity contribution in [2.75, 3.05) is 31.6 Å². The smallest absolute Gasteiger partial charge is 0.227 e. The van der Waals surface area contributed by atoms with Crippen LogP contribution >= 0.6 is 0 Å². The van der Waals surface area contributed by atoms with Crippen LogP contribution in [-0.2, 0) is 4.79 Å². The fourth-order valence-corrected chi connectivity index (χ4v) is 6.16. The maximum Gasteiger partial charge on any atom is 0.227 e. The number of nitrogens with one attached hydrogen (secondary N) is 3. The van der Waals surface area contributed by atoms with Crippen molar-refractivity contribution in [2.45, 2.75) is 25.7 Å². The normalized spacial score (nSPS) is 15.2. The van der Waals surface area contributed by atoms with E-state index in [9.17, 15) is 9.18 Å². The molecule has 1 aliphatic heterocycles. The van der Waals surface area contributed by atoms with E-state index >= 15 is 0 Å². The molecule has 2 aromatic carbocycles. The molecule has 1 saturated heterocycles. The van der Waals surface area contributed by atoms with Crippen LogP contribution in [0.3, 0.4) is 0 Å². The largest absolute Gasteiger partial charge is 0.492 e. The minimum atomic E-state index is -0.354. The van der Waals surface area contributed by atoms with Gasteiger partial charge in [0, 0.05) is 52.8 Å². The SMILES string of the molecule is O=C(Nc1cncc(-c2ccc3[nH]nc(-c4cc5c(-c6cc(F)cc(OCCN7CCCC7)c6)cncc5[nH]4)c3c2)c1)C1CC1. The van der Waals surface area contributed by atoms with Crippen molar-refractivity contribution >= 4 is 33.4 Å². The van der Waals surface area contributed by atoms with Gasteiger partial charge >= 0.3 is 0 Å². The van der Waals surface area contributed by atoms with Gasteiger partial charge in [-0.3, -0.25) is 24.8 Å². The van der Waals surface area contributed by atoms with Crippen LogP contribution in [-0.4, -0.2) is 62.2 Å². The Balaban J connectivity index is 1.10. The summed E-state index contributed by atoms with van der Waals surface area (Å²) in [6.45, 7) is 3.54. The monoisotopic (exact) mass is 601 g/mol. The Morgan fingerprint density at radius 3 is 2.64 bits per heavy atom. The third-order valence-corrected chi connectivity index (χ3v) is 8.71. The topological polar surface area (TPSA) is 112 Å². The Morgan fingerprint density at radius 1 is 0.911 bits per heavy atom. The second kappa shape index (κ2) is 11.4. The number of halogens is 1. The summed E-state index contributed by atoms with van der Waals surface area (Å²) in [4.78, 5) is 26.9.